The Morgan fingerprint density at radius 2 is 1.92 bits per heavy atom. The molecule has 4 rings (SSSR count). The number of hydrogen-bond acceptors (Lipinski definition) is 6. The van der Waals surface area contributed by atoms with Gasteiger partial charge >= 0.3 is 0 Å². The Bertz CT molecular complexity index is 1340. The Labute approximate surface area is 219 Å². The minimum absolute atomic E-state index is 0.0143. The maximum Gasteiger partial charge on any atom is 0.250 e. The average molecular weight is 525 g/mol. The number of amides is 1. The van der Waals surface area contributed by atoms with Gasteiger partial charge in [-0.05, 0) is 61.1 Å². The molecule has 0 radical (unpaired) electrons. The third-order valence-electron chi connectivity index (χ3n) is 6.88. The number of nitrogens with zero attached hydrogens (tertiary/aromatic N) is 3. The number of aliphatic imine (C=N–C) groups is 1. The fourth-order valence-electron chi connectivity index (χ4n) is 5.03. The molecule has 1 amide bonds. The lowest BCUT2D eigenvalue weighted by Crippen LogP contribution is -2.34. The lowest BCUT2D eigenvalue weighted by Gasteiger charge is -2.22. The monoisotopic (exact) mass is 524 g/mol. The topological polar surface area (TPSA) is 116 Å². The van der Waals surface area contributed by atoms with Gasteiger partial charge < -0.3 is 15.7 Å². The van der Waals surface area contributed by atoms with Gasteiger partial charge in [0.2, 0.25) is 15.9 Å². The van der Waals surface area contributed by atoms with Crippen molar-refractivity contribution in [3.63, 3.8) is 0 Å². The van der Waals surface area contributed by atoms with E-state index in [1.807, 2.05) is 35.2 Å². The molecule has 0 aromatic heterocycles. The lowest BCUT2D eigenvalue weighted by molar-refractivity contribution is -0.127. The van der Waals surface area contributed by atoms with Gasteiger partial charge in [0.25, 0.3) is 0 Å². The lowest BCUT2D eigenvalue weighted by atomic mass is 9.97. The number of amidine groups is 1. The van der Waals surface area contributed by atoms with E-state index in [0.29, 0.717) is 48.7 Å². The van der Waals surface area contributed by atoms with Crippen LogP contribution in [0.25, 0.3) is 17.2 Å². The number of carbonyl (C=O) groups excluding carboxylic acids is 1. The molecule has 2 aliphatic rings. The first-order valence-corrected chi connectivity index (χ1v) is 14.3. The minimum atomic E-state index is -3.73. The van der Waals surface area contributed by atoms with Gasteiger partial charge in [-0.2, -0.15) is 4.31 Å². The van der Waals surface area contributed by atoms with Gasteiger partial charge in [-0.15, -0.1) is 0 Å². The maximum atomic E-state index is 13.3. The predicted molar refractivity (Wildman–Crippen MR) is 147 cm³/mol. The zero-order chi connectivity index (χ0) is 26.7. The van der Waals surface area contributed by atoms with E-state index in [-0.39, 0.29) is 23.8 Å². The van der Waals surface area contributed by atoms with E-state index in [1.54, 1.807) is 19.1 Å². The third kappa shape index (κ3) is 5.63. The summed E-state index contributed by atoms with van der Waals surface area (Å²) in [6, 6.07) is 10.9. The van der Waals surface area contributed by atoms with Crippen molar-refractivity contribution in [2.75, 3.05) is 26.2 Å². The Hall–Kier alpha value is -3.01. The number of sulfonamides is 1. The zero-order valence-corrected chi connectivity index (χ0v) is 22.6. The molecular weight excluding hydrogens is 488 g/mol. The molecule has 2 aromatic rings. The second kappa shape index (κ2) is 11.2. The SMILES string of the molecule is CCCN(CCC)C(=O)C1=Cc2ccc(-c3cccc(S(=O)(=O)N4CC[C@@H](O)C4)c3C)cc2N=C(N)C1. The smallest absolute Gasteiger partial charge is 0.250 e. The van der Waals surface area contributed by atoms with Crippen LogP contribution in [0.15, 0.2) is 51.9 Å². The standard InChI is InChI=1S/C28H36N4O4S/c1-4-12-31(13-5-2)28(34)22-15-21-10-9-20(16-25(21)30-27(29)17-22)24-7-6-8-26(19(24)3)37(35,36)32-14-11-23(33)18-32/h6-10,15-16,23,33H,4-5,11-14,17-18H2,1-3H3,(H2,29,30)/t23-/m1/s1. The molecule has 8 nitrogen and oxygen atoms in total. The summed E-state index contributed by atoms with van der Waals surface area (Å²) >= 11 is 0. The summed E-state index contributed by atoms with van der Waals surface area (Å²) in [4.78, 5) is 20.0. The van der Waals surface area contributed by atoms with Crippen molar-refractivity contribution < 1.29 is 18.3 Å². The summed E-state index contributed by atoms with van der Waals surface area (Å²) in [6.07, 6.45) is 3.72. The van der Waals surface area contributed by atoms with Crippen LogP contribution in [0.4, 0.5) is 5.69 Å². The molecule has 0 aliphatic carbocycles. The fraction of sp³-hybridized carbons (Fsp3) is 0.429. The van der Waals surface area contributed by atoms with E-state index in [2.05, 4.69) is 18.8 Å². The van der Waals surface area contributed by atoms with Crippen LogP contribution in [0.1, 0.15) is 50.7 Å². The Balaban J connectivity index is 1.70. The largest absolute Gasteiger partial charge is 0.392 e. The summed E-state index contributed by atoms with van der Waals surface area (Å²) in [5.74, 6) is 0.351. The van der Waals surface area contributed by atoms with Gasteiger partial charge in [0, 0.05) is 43.7 Å². The highest BCUT2D eigenvalue weighted by Gasteiger charge is 2.33. The molecule has 198 valence electrons. The Morgan fingerprint density at radius 3 is 2.57 bits per heavy atom. The van der Waals surface area contributed by atoms with Crippen LogP contribution in [-0.2, 0) is 14.8 Å². The summed E-state index contributed by atoms with van der Waals surface area (Å²) in [5.41, 5.74) is 10.5. The summed E-state index contributed by atoms with van der Waals surface area (Å²) < 4.78 is 27.9. The van der Waals surface area contributed by atoms with Crippen LogP contribution in [-0.4, -0.2) is 66.8 Å². The third-order valence-corrected chi connectivity index (χ3v) is 8.89. The first kappa shape index (κ1) is 27.0. The van der Waals surface area contributed by atoms with Crippen molar-refractivity contribution in [1.82, 2.24) is 9.21 Å². The normalized spacial score (nSPS) is 18.1. The highest BCUT2D eigenvalue weighted by molar-refractivity contribution is 7.89. The van der Waals surface area contributed by atoms with Crippen LogP contribution in [0, 0.1) is 6.92 Å². The number of hydrogen-bond donors (Lipinski definition) is 2. The van der Waals surface area contributed by atoms with E-state index >= 15 is 0 Å². The quantitative estimate of drug-likeness (QED) is 0.544. The van der Waals surface area contributed by atoms with Crippen molar-refractivity contribution in [2.24, 2.45) is 10.7 Å². The van der Waals surface area contributed by atoms with Gasteiger partial charge in [0.05, 0.1) is 16.7 Å². The molecule has 0 unspecified atom stereocenters. The van der Waals surface area contributed by atoms with E-state index < -0.39 is 16.1 Å². The molecule has 0 spiro atoms. The number of nitrogens with two attached hydrogens (primary N) is 1. The van der Waals surface area contributed by atoms with Crippen LogP contribution in [0.3, 0.4) is 0 Å². The van der Waals surface area contributed by atoms with Crippen LogP contribution < -0.4 is 5.73 Å². The van der Waals surface area contributed by atoms with E-state index in [4.69, 9.17) is 5.73 Å². The molecule has 0 bridgehead atoms. The van der Waals surface area contributed by atoms with E-state index in [9.17, 15) is 18.3 Å². The van der Waals surface area contributed by atoms with Crippen molar-refractivity contribution in [1.29, 1.82) is 0 Å². The molecule has 2 aromatic carbocycles. The van der Waals surface area contributed by atoms with Gasteiger partial charge in [-0.3, -0.25) is 4.79 Å². The van der Waals surface area contributed by atoms with E-state index in [1.165, 1.54) is 4.31 Å². The number of β-amino-alcohol motifs (C(OH)–C–C–N with tert-alkyl or cyclic N) is 1. The Morgan fingerprint density at radius 1 is 1.19 bits per heavy atom. The highest BCUT2D eigenvalue weighted by atomic mass is 32.2. The number of aliphatic hydroxyl groups is 1. The van der Waals surface area contributed by atoms with Crippen molar-refractivity contribution in [3.8, 4) is 11.1 Å². The van der Waals surface area contributed by atoms with E-state index in [0.717, 1.165) is 29.5 Å². The molecule has 0 saturated carbocycles. The molecular formula is C28H36N4O4S. The molecule has 2 heterocycles. The maximum absolute atomic E-state index is 13.3. The van der Waals surface area contributed by atoms with Crippen LogP contribution >= 0.6 is 0 Å². The molecule has 1 fully saturated rings. The number of aliphatic hydroxyl groups excluding tert-OH is 1. The van der Waals surface area contributed by atoms with Gasteiger partial charge in [-0.1, -0.05) is 38.1 Å². The van der Waals surface area contributed by atoms with Crippen LogP contribution in [0.2, 0.25) is 0 Å². The minimum Gasteiger partial charge on any atom is -0.392 e. The number of benzene rings is 2. The molecule has 1 atom stereocenters. The van der Waals surface area contributed by atoms with Gasteiger partial charge in [0.15, 0.2) is 0 Å². The second-order valence-electron chi connectivity index (χ2n) is 9.75. The van der Waals surface area contributed by atoms with Gasteiger partial charge in [-0.25, -0.2) is 13.4 Å². The van der Waals surface area contributed by atoms with Crippen LogP contribution in [0.5, 0.6) is 0 Å². The molecule has 3 N–H and O–H groups in total. The van der Waals surface area contributed by atoms with Crippen molar-refractivity contribution in [2.45, 2.75) is 57.5 Å². The first-order valence-electron chi connectivity index (χ1n) is 12.9. The summed E-state index contributed by atoms with van der Waals surface area (Å²) in [5, 5.41) is 9.85. The number of carbonyl (C=O) groups is 1. The summed E-state index contributed by atoms with van der Waals surface area (Å²) in [7, 11) is -3.73. The zero-order valence-electron chi connectivity index (χ0n) is 21.8. The fourth-order valence-corrected chi connectivity index (χ4v) is 6.77. The molecule has 37 heavy (non-hydrogen) atoms. The number of rotatable bonds is 8. The predicted octanol–water partition coefficient (Wildman–Crippen LogP) is 3.84. The summed E-state index contributed by atoms with van der Waals surface area (Å²) in [6.45, 7) is 7.72. The molecule has 9 heteroatoms. The van der Waals surface area contributed by atoms with Crippen molar-refractivity contribution >= 4 is 33.5 Å². The molecule has 1 saturated heterocycles. The first-order chi connectivity index (χ1) is 17.6. The second-order valence-corrected chi connectivity index (χ2v) is 11.7. The number of fused-ring (bicyclic) bond motifs is 1. The molecule has 2 aliphatic heterocycles. The van der Waals surface area contributed by atoms with Crippen molar-refractivity contribution in [3.05, 3.63) is 53.1 Å². The highest BCUT2D eigenvalue weighted by Crippen LogP contribution is 2.35. The Kier molecular flexibility index (Phi) is 8.16. The average Bonchev–Trinajstić information content (AvgIpc) is 3.23. The van der Waals surface area contributed by atoms with Gasteiger partial charge in [0.1, 0.15) is 5.84 Å².